The number of aryl methyl sites for hydroxylation is 1. The third-order valence-corrected chi connectivity index (χ3v) is 6.87. The highest BCUT2D eigenvalue weighted by molar-refractivity contribution is 9.10. The van der Waals surface area contributed by atoms with Crippen molar-refractivity contribution in [1.82, 2.24) is 14.4 Å². The molecule has 0 N–H and O–H groups in total. The maximum absolute atomic E-state index is 12.7. The predicted molar refractivity (Wildman–Crippen MR) is 121 cm³/mol. The second-order valence-corrected chi connectivity index (χ2v) is 9.43. The van der Waals surface area contributed by atoms with Gasteiger partial charge in [-0.05, 0) is 46.6 Å². The number of esters is 1. The second kappa shape index (κ2) is 9.11. The number of fused-ring (bicyclic) bond motifs is 1. The molecule has 0 aliphatic carbocycles. The number of rotatable bonds is 6. The summed E-state index contributed by atoms with van der Waals surface area (Å²) in [6, 6.07) is 12.2. The Morgan fingerprint density at radius 3 is 2.87 bits per heavy atom. The number of aromatic nitrogens is 3. The van der Waals surface area contributed by atoms with Crippen LogP contribution in [0.15, 0.2) is 67.6 Å². The molecule has 0 saturated heterocycles. The topological polar surface area (TPSA) is 73.6 Å². The Labute approximate surface area is 189 Å². The van der Waals surface area contributed by atoms with Crippen molar-refractivity contribution in [3.05, 3.63) is 91.4 Å². The molecule has 6 nitrogen and oxygen atoms in total. The van der Waals surface area contributed by atoms with E-state index in [0.717, 1.165) is 20.1 Å². The molecule has 0 aliphatic rings. The van der Waals surface area contributed by atoms with Gasteiger partial charge in [0.05, 0.1) is 11.3 Å². The molecular weight excluding hydrogens is 486 g/mol. The van der Waals surface area contributed by atoms with Crippen molar-refractivity contribution >= 4 is 50.6 Å². The van der Waals surface area contributed by atoms with E-state index in [4.69, 9.17) is 4.74 Å². The zero-order valence-electron chi connectivity index (χ0n) is 15.9. The van der Waals surface area contributed by atoms with Crippen molar-refractivity contribution in [3.63, 3.8) is 0 Å². The van der Waals surface area contributed by atoms with Crippen LogP contribution in [-0.2, 0) is 17.1 Å². The van der Waals surface area contributed by atoms with E-state index in [-0.39, 0.29) is 12.2 Å². The van der Waals surface area contributed by atoms with E-state index in [2.05, 4.69) is 25.9 Å². The first-order chi connectivity index (χ1) is 14.5. The van der Waals surface area contributed by atoms with Gasteiger partial charge in [-0.1, -0.05) is 30.0 Å². The Balaban J connectivity index is 1.47. The average Bonchev–Trinajstić information content (AvgIpc) is 3.16. The fourth-order valence-electron chi connectivity index (χ4n) is 2.80. The van der Waals surface area contributed by atoms with E-state index < -0.39 is 5.97 Å². The summed E-state index contributed by atoms with van der Waals surface area (Å²) in [7, 11) is 0. The summed E-state index contributed by atoms with van der Waals surface area (Å²) in [5.74, 6) is 0.169. The van der Waals surface area contributed by atoms with Crippen LogP contribution in [0.5, 0.6) is 0 Å². The Bertz CT molecular complexity index is 1290. The van der Waals surface area contributed by atoms with Crippen LogP contribution in [0.1, 0.15) is 27.3 Å². The van der Waals surface area contributed by atoms with Gasteiger partial charge in [0, 0.05) is 33.6 Å². The highest BCUT2D eigenvalue weighted by Gasteiger charge is 2.14. The number of benzene rings is 1. The van der Waals surface area contributed by atoms with Crippen molar-refractivity contribution in [1.29, 1.82) is 0 Å². The second-order valence-electron chi connectivity index (χ2n) is 6.44. The average molecular weight is 502 g/mol. The van der Waals surface area contributed by atoms with E-state index in [1.165, 1.54) is 10.5 Å². The number of thiazole rings is 1. The molecule has 1 aromatic carbocycles. The minimum absolute atomic E-state index is 0.0756. The van der Waals surface area contributed by atoms with Gasteiger partial charge in [-0.25, -0.2) is 14.8 Å². The van der Waals surface area contributed by atoms with Crippen LogP contribution in [-0.4, -0.2) is 20.3 Å². The van der Waals surface area contributed by atoms with Gasteiger partial charge in [0.15, 0.2) is 0 Å². The van der Waals surface area contributed by atoms with Crippen LogP contribution < -0.4 is 5.56 Å². The van der Waals surface area contributed by atoms with Crippen molar-refractivity contribution in [2.75, 3.05) is 0 Å². The number of carbonyl (C=O) groups is 1. The quantitative estimate of drug-likeness (QED) is 0.277. The van der Waals surface area contributed by atoms with E-state index in [1.54, 1.807) is 53.6 Å². The number of halogens is 1. The lowest BCUT2D eigenvalue weighted by molar-refractivity contribution is 0.0467. The van der Waals surface area contributed by atoms with Gasteiger partial charge in [0.2, 0.25) is 0 Å². The summed E-state index contributed by atoms with van der Waals surface area (Å²) in [4.78, 5) is 33.8. The first-order valence-electron chi connectivity index (χ1n) is 8.97. The third kappa shape index (κ3) is 4.80. The molecule has 152 valence electrons. The molecule has 0 aliphatic heterocycles. The van der Waals surface area contributed by atoms with Crippen molar-refractivity contribution in [2.45, 2.75) is 23.6 Å². The van der Waals surface area contributed by atoms with Crippen molar-refractivity contribution in [2.24, 2.45) is 0 Å². The highest BCUT2D eigenvalue weighted by atomic mass is 79.9. The highest BCUT2D eigenvalue weighted by Crippen LogP contribution is 2.27. The zero-order chi connectivity index (χ0) is 21.1. The van der Waals surface area contributed by atoms with E-state index in [1.807, 2.05) is 24.4 Å². The van der Waals surface area contributed by atoms with Gasteiger partial charge < -0.3 is 4.74 Å². The SMILES string of the molecule is Cc1csc(SCc2ccccc2C(=O)OCc2cc(=O)n3cc(Br)ccc3n2)n1. The number of hydrogen-bond acceptors (Lipinski definition) is 7. The number of ether oxygens (including phenoxy) is 1. The maximum Gasteiger partial charge on any atom is 0.338 e. The van der Waals surface area contributed by atoms with Crippen LogP contribution in [0, 0.1) is 6.92 Å². The summed E-state index contributed by atoms with van der Waals surface area (Å²) in [6.07, 6.45) is 1.65. The molecular formula is C21H16BrN3O3S2. The first kappa shape index (κ1) is 20.8. The largest absolute Gasteiger partial charge is 0.456 e. The first-order valence-corrected chi connectivity index (χ1v) is 11.6. The van der Waals surface area contributed by atoms with Crippen molar-refractivity contribution < 1.29 is 9.53 Å². The normalized spacial score (nSPS) is 11.0. The van der Waals surface area contributed by atoms with E-state index in [0.29, 0.717) is 22.7 Å². The fourth-order valence-corrected chi connectivity index (χ4v) is 4.99. The molecule has 4 rings (SSSR count). The summed E-state index contributed by atoms with van der Waals surface area (Å²) in [5.41, 5.74) is 3.02. The molecule has 3 aromatic heterocycles. The molecule has 0 saturated carbocycles. The minimum Gasteiger partial charge on any atom is -0.456 e. The Hall–Kier alpha value is -2.49. The van der Waals surface area contributed by atoms with Crippen molar-refractivity contribution in [3.8, 4) is 0 Å². The summed E-state index contributed by atoms with van der Waals surface area (Å²) >= 11 is 6.51. The van der Waals surface area contributed by atoms with Gasteiger partial charge in [0.25, 0.3) is 5.56 Å². The van der Waals surface area contributed by atoms with Gasteiger partial charge >= 0.3 is 5.97 Å². The molecule has 9 heteroatoms. The number of nitrogens with zero attached hydrogens (tertiary/aromatic N) is 3. The molecule has 0 atom stereocenters. The van der Waals surface area contributed by atoms with E-state index in [9.17, 15) is 9.59 Å². The Morgan fingerprint density at radius 2 is 2.07 bits per heavy atom. The Kier molecular flexibility index (Phi) is 6.31. The van der Waals surface area contributed by atoms with Crippen LogP contribution in [0.25, 0.3) is 5.65 Å². The standard InChI is InChI=1S/C21H16BrN3O3S2/c1-13-11-29-21(23-13)30-12-14-4-2-3-5-17(14)20(27)28-10-16-8-19(26)25-9-15(22)6-7-18(25)24-16/h2-9,11H,10,12H2,1H3. The van der Waals surface area contributed by atoms with Crippen LogP contribution in [0.3, 0.4) is 0 Å². The smallest absolute Gasteiger partial charge is 0.338 e. The van der Waals surface area contributed by atoms with E-state index >= 15 is 0 Å². The number of hydrogen-bond donors (Lipinski definition) is 0. The fraction of sp³-hybridized carbons (Fsp3) is 0.143. The monoisotopic (exact) mass is 501 g/mol. The van der Waals surface area contributed by atoms with Crippen LogP contribution in [0.2, 0.25) is 0 Å². The molecule has 4 aromatic rings. The van der Waals surface area contributed by atoms with Gasteiger partial charge in [-0.3, -0.25) is 9.20 Å². The van der Waals surface area contributed by atoms with Gasteiger partial charge in [-0.2, -0.15) is 0 Å². The molecule has 0 spiro atoms. The lowest BCUT2D eigenvalue weighted by Gasteiger charge is -2.09. The summed E-state index contributed by atoms with van der Waals surface area (Å²) in [5, 5.41) is 2.00. The lowest BCUT2D eigenvalue weighted by atomic mass is 10.1. The summed E-state index contributed by atoms with van der Waals surface area (Å²) in [6.45, 7) is 1.88. The van der Waals surface area contributed by atoms with Gasteiger partial charge in [0.1, 0.15) is 16.6 Å². The predicted octanol–water partition coefficient (Wildman–Crippen LogP) is 4.87. The van der Waals surface area contributed by atoms with Gasteiger partial charge in [-0.15, -0.1) is 11.3 Å². The minimum atomic E-state index is -0.445. The molecule has 0 amide bonds. The summed E-state index contributed by atoms with van der Waals surface area (Å²) < 4.78 is 8.63. The zero-order valence-corrected chi connectivity index (χ0v) is 19.1. The molecule has 0 bridgehead atoms. The third-order valence-electron chi connectivity index (χ3n) is 4.21. The molecule has 3 heterocycles. The van der Waals surface area contributed by atoms with Crippen LogP contribution in [0.4, 0.5) is 0 Å². The number of thioether (sulfide) groups is 1. The number of pyridine rings is 1. The Morgan fingerprint density at radius 1 is 1.23 bits per heavy atom. The molecule has 30 heavy (non-hydrogen) atoms. The maximum atomic E-state index is 12.7. The number of carbonyl (C=O) groups excluding carboxylic acids is 1. The molecule has 0 fully saturated rings. The van der Waals surface area contributed by atoms with Crippen LogP contribution >= 0.6 is 39.0 Å². The lowest BCUT2D eigenvalue weighted by Crippen LogP contribution is -2.17. The molecule has 0 radical (unpaired) electrons. The molecule has 0 unspecified atom stereocenters.